The van der Waals surface area contributed by atoms with Crippen LogP contribution in [0.4, 0.5) is 0 Å². The zero-order chi connectivity index (χ0) is 11.0. The van der Waals surface area contributed by atoms with Crippen LogP contribution < -0.4 is 5.32 Å². The summed E-state index contributed by atoms with van der Waals surface area (Å²) in [5, 5.41) is 3.57. The summed E-state index contributed by atoms with van der Waals surface area (Å²) in [4.78, 5) is 0. The summed E-state index contributed by atoms with van der Waals surface area (Å²) in [6.45, 7) is 12.6. The van der Waals surface area contributed by atoms with E-state index in [4.69, 9.17) is 0 Å². The molecule has 0 saturated heterocycles. The predicted molar refractivity (Wildman–Crippen MR) is 65.6 cm³/mol. The minimum atomic E-state index is 0.729. The molecule has 0 fully saturated rings. The van der Waals surface area contributed by atoms with Gasteiger partial charge in [0.1, 0.15) is 0 Å². The molecule has 0 saturated carbocycles. The first kappa shape index (κ1) is 14.0. The van der Waals surface area contributed by atoms with Crippen molar-refractivity contribution in [2.75, 3.05) is 6.54 Å². The van der Waals surface area contributed by atoms with Crippen molar-refractivity contribution in [3.63, 3.8) is 0 Å². The van der Waals surface area contributed by atoms with Crippen LogP contribution in [0, 0.1) is 11.8 Å². The van der Waals surface area contributed by atoms with Crippen molar-refractivity contribution in [2.24, 2.45) is 11.8 Å². The predicted octanol–water partition coefficient (Wildman–Crippen LogP) is 3.84. The van der Waals surface area contributed by atoms with Crippen molar-refractivity contribution >= 4 is 0 Å². The number of nitrogens with one attached hydrogen (secondary N) is 1. The average molecular weight is 199 g/mol. The highest BCUT2D eigenvalue weighted by Gasteiger charge is 2.13. The Morgan fingerprint density at radius 3 is 2.07 bits per heavy atom. The number of hydrogen-bond donors (Lipinski definition) is 1. The third-order valence-electron chi connectivity index (χ3n) is 3.03. The first-order chi connectivity index (χ1) is 6.61. The van der Waals surface area contributed by atoms with Crippen LogP contribution in [0.15, 0.2) is 0 Å². The van der Waals surface area contributed by atoms with E-state index >= 15 is 0 Å². The fraction of sp³-hybridized carbons (Fsp3) is 1.00. The molecule has 0 aromatic carbocycles. The molecule has 1 N–H and O–H groups in total. The maximum Gasteiger partial charge on any atom is 0.00899 e. The van der Waals surface area contributed by atoms with Crippen molar-refractivity contribution in [3.8, 4) is 0 Å². The second-order valence-corrected chi connectivity index (χ2v) is 4.87. The first-order valence-electron chi connectivity index (χ1n) is 6.35. The lowest BCUT2D eigenvalue weighted by atomic mass is 9.92. The molecular weight excluding hydrogens is 170 g/mol. The molecule has 0 radical (unpaired) electrons. The van der Waals surface area contributed by atoms with Gasteiger partial charge in [-0.05, 0) is 31.2 Å². The first-order valence-corrected chi connectivity index (χ1v) is 6.35. The highest BCUT2D eigenvalue weighted by atomic mass is 14.9. The van der Waals surface area contributed by atoms with Gasteiger partial charge in [0.15, 0.2) is 0 Å². The van der Waals surface area contributed by atoms with Gasteiger partial charge in [-0.25, -0.2) is 0 Å². The Bertz CT molecular complexity index is 120. The van der Waals surface area contributed by atoms with Gasteiger partial charge in [0.05, 0.1) is 0 Å². The number of hydrogen-bond acceptors (Lipinski definition) is 1. The monoisotopic (exact) mass is 199 g/mol. The van der Waals surface area contributed by atoms with Gasteiger partial charge < -0.3 is 5.32 Å². The zero-order valence-electron chi connectivity index (χ0n) is 10.8. The van der Waals surface area contributed by atoms with Crippen LogP contribution in [0.5, 0.6) is 0 Å². The smallest absolute Gasteiger partial charge is 0.00899 e. The standard InChI is InChI=1S/C13H29N/c1-6-13(14-7-2)12(5)10-8-9-11(3)4/h11-14H,6-10H2,1-5H3. The Morgan fingerprint density at radius 1 is 1.00 bits per heavy atom. The van der Waals surface area contributed by atoms with E-state index in [1.807, 2.05) is 0 Å². The normalized spacial score (nSPS) is 15.9. The van der Waals surface area contributed by atoms with Crippen LogP contribution in [-0.2, 0) is 0 Å². The van der Waals surface area contributed by atoms with Crippen LogP contribution in [0.25, 0.3) is 0 Å². The summed E-state index contributed by atoms with van der Waals surface area (Å²) in [5.41, 5.74) is 0. The molecule has 1 nitrogen and oxygen atoms in total. The molecule has 0 rings (SSSR count). The van der Waals surface area contributed by atoms with E-state index in [0.29, 0.717) is 0 Å². The van der Waals surface area contributed by atoms with Crippen LogP contribution in [-0.4, -0.2) is 12.6 Å². The van der Waals surface area contributed by atoms with E-state index in [0.717, 1.165) is 24.4 Å². The van der Waals surface area contributed by atoms with Crippen LogP contribution in [0.3, 0.4) is 0 Å². The lowest BCUT2D eigenvalue weighted by Crippen LogP contribution is -2.34. The Kier molecular flexibility index (Phi) is 8.26. The molecular formula is C13H29N. The van der Waals surface area contributed by atoms with Crippen molar-refractivity contribution in [1.82, 2.24) is 5.32 Å². The maximum atomic E-state index is 3.57. The SMILES string of the molecule is CCNC(CC)C(C)CCCC(C)C. The summed E-state index contributed by atoms with van der Waals surface area (Å²) in [6, 6.07) is 0.729. The van der Waals surface area contributed by atoms with E-state index in [2.05, 4.69) is 39.9 Å². The molecule has 86 valence electrons. The molecule has 0 bridgehead atoms. The Balaban J connectivity index is 3.63. The van der Waals surface area contributed by atoms with E-state index in [-0.39, 0.29) is 0 Å². The van der Waals surface area contributed by atoms with Gasteiger partial charge in [-0.1, -0.05) is 47.5 Å². The average Bonchev–Trinajstić information content (AvgIpc) is 2.13. The van der Waals surface area contributed by atoms with Crippen LogP contribution in [0.1, 0.15) is 60.3 Å². The summed E-state index contributed by atoms with van der Waals surface area (Å²) in [5.74, 6) is 1.69. The second kappa shape index (κ2) is 8.28. The zero-order valence-corrected chi connectivity index (χ0v) is 10.8. The molecule has 2 atom stereocenters. The second-order valence-electron chi connectivity index (χ2n) is 4.87. The van der Waals surface area contributed by atoms with Gasteiger partial charge in [0, 0.05) is 6.04 Å². The van der Waals surface area contributed by atoms with E-state index in [1.54, 1.807) is 0 Å². The quantitative estimate of drug-likeness (QED) is 0.626. The third kappa shape index (κ3) is 6.42. The maximum absolute atomic E-state index is 3.57. The number of rotatable bonds is 8. The van der Waals surface area contributed by atoms with E-state index in [9.17, 15) is 0 Å². The van der Waals surface area contributed by atoms with Crippen molar-refractivity contribution in [2.45, 2.75) is 66.3 Å². The molecule has 0 heterocycles. The highest BCUT2D eigenvalue weighted by Crippen LogP contribution is 2.17. The molecule has 2 unspecified atom stereocenters. The minimum absolute atomic E-state index is 0.729. The van der Waals surface area contributed by atoms with Crippen molar-refractivity contribution < 1.29 is 0 Å². The van der Waals surface area contributed by atoms with E-state index < -0.39 is 0 Å². The molecule has 0 aliphatic carbocycles. The van der Waals surface area contributed by atoms with Gasteiger partial charge in [0.25, 0.3) is 0 Å². The summed E-state index contributed by atoms with van der Waals surface area (Å²) < 4.78 is 0. The van der Waals surface area contributed by atoms with Crippen molar-refractivity contribution in [1.29, 1.82) is 0 Å². The van der Waals surface area contributed by atoms with E-state index in [1.165, 1.54) is 25.7 Å². The van der Waals surface area contributed by atoms with Crippen molar-refractivity contribution in [3.05, 3.63) is 0 Å². The molecule has 0 amide bonds. The minimum Gasteiger partial charge on any atom is -0.314 e. The lowest BCUT2D eigenvalue weighted by Gasteiger charge is -2.23. The Labute approximate surface area is 90.7 Å². The molecule has 1 heteroatoms. The fourth-order valence-corrected chi connectivity index (χ4v) is 2.06. The largest absolute Gasteiger partial charge is 0.314 e. The summed E-state index contributed by atoms with van der Waals surface area (Å²) in [6.07, 6.45) is 5.41. The molecule has 0 aromatic heterocycles. The third-order valence-corrected chi connectivity index (χ3v) is 3.03. The Hall–Kier alpha value is -0.0400. The molecule has 14 heavy (non-hydrogen) atoms. The van der Waals surface area contributed by atoms with Gasteiger partial charge in [-0.2, -0.15) is 0 Å². The van der Waals surface area contributed by atoms with Crippen LogP contribution >= 0.6 is 0 Å². The summed E-state index contributed by atoms with van der Waals surface area (Å²) >= 11 is 0. The topological polar surface area (TPSA) is 12.0 Å². The van der Waals surface area contributed by atoms with Gasteiger partial charge >= 0.3 is 0 Å². The summed E-state index contributed by atoms with van der Waals surface area (Å²) in [7, 11) is 0. The Morgan fingerprint density at radius 2 is 1.64 bits per heavy atom. The molecule has 0 aromatic rings. The highest BCUT2D eigenvalue weighted by molar-refractivity contribution is 4.71. The molecule has 0 aliphatic rings. The van der Waals surface area contributed by atoms with Crippen LogP contribution in [0.2, 0.25) is 0 Å². The van der Waals surface area contributed by atoms with Gasteiger partial charge in [-0.15, -0.1) is 0 Å². The van der Waals surface area contributed by atoms with Gasteiger partial charge in [-0.3, -0.25) is 0 Å². The fourth-order valence-electron chi connectivity index (χ4n) is 2.06. The van der Waals surface area contributed by atoms with Gasteiger partial charge in [0.2, 0.25) is 0 Å². The lowest BCUT2D eigenvalue weighted by molar-refractivity contribution is 0.337. The molecule has 0 spiro atoms. The molecule has 0 aliphatic heterocycles.